The van der Waals surface area contributed by atoms with Gasteiger partial charge in [-0.1, -0.05) is 240 Å². The first-order valence-corrected chi connectivity index (χ1v) is 29.2. The number of fused-ring (bicyclic) bond motifs is 6. The van der Waals surface area contributed by atoms with Crippen LogP contribution in [-0.2, 0) is 32.5 Å². The minimum atomic E-state index is 0.112. The van der Waals surface area contributed by atoms with Gasteiger partial charge in [-0.25, -0.2) is 4.98 Å². The summed E-state index contributed by atoms with van der Waals surface area (Å²) in [5.74, 6) is 0. The molecule has 0 aliphatic rings. The minimum Gasteiger partial charge on any atom is -0.345 e. The van der Waals surface area contributed by atoms with E-state index in [4.69, 9.17) is 0 Å². The first kappa shape index (κ1) is 62.4. The number of nitrogens with one attached hydrogen (secondary N) is 1. The molecule has 0 unspecified atom stereocenters. The van der Waals surface area contributed by atoms with Gasteiger partial charge in [-0.2, -0.15) is 0 Å². The van der Waals surface area contributed by atoms with Crippen LogP contribution in [0.3, 0.4) is 0 Å². The molecule has 1 N–H and O–H groups in total. The molecule has 0 saturated heterocycles. The van der Waals surface area contributed by atoms with Crippen molar-refractivity contribution in [3.63, 3.8) is 0 Å². The van der Waals surface area contributed by atoms with Crippen molar-refractivity contribution in [1.82, 2.24) is 34.9 Å². The number of hydrogen-bond acceptors (Lipinski definition) is 6. The zero-order chi connectivity index (χ0) is 60.4. The van der Waals surface area contributed by atoms with Crippen LogP contribution in [0.2, 0.25) is 0 Å². The Morgan fingerprint density at radius 2 is 0.735 bits per heavy atom. The van der Waals surface area contributed by atoms with E-state index in [0.717, 1.165) is 22.1 Å². The van der Waals surface area contributed by atoms with Crippen LogP contribution in [0.1, 0.15) is 158 Å². The molecule has 428 valence electrons. The number of H-pyrrole nitrogens is 1. The van der Waals surface area contributed by atoms with Gasteiger partial charge >= 0.3 is 0 Å². The third-order valence-corrected chi connectivity index (χ3v) is 14.5. The molecule has 0 aliphatic carbocycles. The molecule has 6 aromatic heterocycles. The zero-order valence-electron chi connectivity index (χ0n) is 52.8. The molecule has 0 aliphatic heterocycles. The number of hydrogen-bond donors (Lipinski definition) is 1. The van der Waals surface area contributed by atoms with Crippen molar-refractivity contribution < 1.29 is 0 Å². The van der Waals surface area contributed by atoms with E-state index >= 15 is 0 Å². The Balaban J connectivity index is 0.000000143. The van der Waals surface area contributed by atoms with Crippen LogP contribution in [0, 0.1) is 0 Å². The predicted molar refractivity (Wildman–Crippen MR) is 357 cm³/mol. The third kappa shape index (κ3) is 16.3. The lowest BCUT2D eigenvalue weighted by molar-refractivity contribution is 0.575. The van der Waals surface area contributed by atoms with Crippen molar-refractivity contribution in [3.8, 4) is 0 Å². The standard InChI is InChI=1S/5C13H15N.C11H14N2/c1-13(2,3)11-7-4-8-12-10(11)6-5-9-14-12;1-13(2,3)11-8-4-6-10-7-5-9-14-12(10)11;1-13(2,3)12-6-4-5-10-9-14-8-7-11(10)12;1-13(2,3)12-6-4-5-10-7-8-14-9-11(10)12;1-13(2,3)12-11-7-5-4-6-10(11)8-9-14-12;1-11(2,3)8-5-4-6-9-10(8)13-7-12-9/h5*4-9H,1-3H3;4-7H,1-3H3,(H,12,13). The highest BCUT2D eigenvalue weighted by Crippen LogP contribution is 2.33. The molecule has 0 amide bonds. The van der Waals surface area contributed by atoms with Gasteiger partial charge in [0.25, 0.3) is 0 Å². The molecule has 83 heavy (non-hydrogen) atoms. The lowest BCUT2D eigenvalue weighted by Gasteiger charge is -2.20. The second kappa shape index (κ2) is 26.0. The molecule has 0 bridgehead atoms. The van der Waals surface area contributed by atoms with Crippen molar-refractivity contribution in [2.24, 2.45) is 0 Å². The van der Waals surface area contributed by atoms with Crippen LogP contribution < -0.4 is 0 Å². The Labute approximate surface area is 495 Å². The molecule has 0 spiro atoms. The Morgan fingerprint density at radius 3 is 1.39 bits per heavy atom. The Morgan fingerprint density at radius 1 is 0.277 bits per heavy atom. The predicted octanol–water partition coefficient (Wildman–Crippen LogP) is 20.5. The van der Waals surface area contributed by atoms with Crippen LogP contribution in [0.15, 0.2) is 207 Å². The quantitative estimate of drug-likeness (QED) is 0.163. The summed E-state index contributed by atoms with van der Waals surface area (Å²) >= 11 is 0. The molecule has 0 saturated carbocycles. The van der Waals surface area contributed by atoms with E-state index in [9.17, 15) is 0 Å². The summed E-state index contributed by atoms with van der Waals surface area (Å²) in [7, 11) is 0. The van der Waals surface area contributed by atoms with E-state index in [1.165, 1.54) is 76.6 Å². The van der Waals surface area contributed by atoms with Gasteiger partial charge in [0.2, 0.25) is 0 Å². The van der Waals surface area contributed by atoms with Crippen molar-refractivity contribution in [2.45, 2.75) is 157 Å². The summed E-state index contributed by atoms with van der Waals surface area (Å²) < 4.78 is 0. The summed E-state index contributed by atoms with van der Waals surface area (Å²) in [6, 6.07) is 54.6. The lowest BCUT2D eigenvalue weighted by atomic mass is 9.84. The normalized spacial score (nSPS) is 12.0. The first-order valence-electron chi connectivity index (χ1n) is 29.2. The average molecular weight is 1100 g/mol. The fourth-order valence-electron chi connectivity index (χ4n) is 10.3. The molecule has 0 fully saturated rings. The molecule has 7 nitrogen and oxygen atoms in total. The van der Waals surface area contributed by atoms with Gasteiger partial charge in [0.15, 0.2) is 0 Å². The first-order chi connectivity index (χ1) is 39.0. The van der Waals surface area contributed by atoms with E-state index in [0.29, 0.717) is 0 Å². The molecule has 12 aromatic rings. The summed E-state index contributed by atoms with van der Waals surface area (Å²) in [5, 5.41) is 10.1. The minimum absolute atomic E-state index is 0.112. The summed E-state index contributed by atoms with van der Waals surface area (Å²) in [5.41, 5.74) is 13.3. The van der Waals surface area contributed by atoms with E-state index in [1.807, 2.05) is 55.5 Å². The summed E-state index contributed by atoms with van der Waals surface area (Å²) in [6.45, 7) is 40.0. The molecule has 12 rings (SSSR count). The number of rotatable bonds is 0. The summed E-state index contributed by atoms with van der Waals surface area (Å²) in [6.07, 6.45) is 14.9. The molecule has 0 radical (unpaired) electrons. The van der Waals surface area contributed by atoms with Crippen molar-refractivity contribution in [3.05, 3.63) is 241 Å². The molecule has 0 atom stereocenters. The summed E-state index contributed by atoms with van der Waals surface area (Å²) in [4.78, 5) is 29.1. The van der Waals surface area contributed by atoms with Gasteiger partial charge in [0.1, 0.15) is 0 Å². The number of aromatic amines is 1. The van der Waals surface area contributed by atoms with Gasteiger partial charge in [0, 0.05) is 75.7 Å². The van der Waals surface area contributed by atoms with Gasteiger partial charge in [0.05, 0.1) is 34.1 Å². The maximum Gasteiger partial charge on any atom is 0.0931 e. The molecule has 7 heteroatoms. The van der Waals surface area contributed by atoms with Crippen molar-refractivity contribution in [2.75, 3.05) is 0 Å². The molecule has 6 heterocycles. The maximum atomic E-state index is 4.48. The van der Waals surface area contributed by atoms with E-state index in [1.54, 1.807) is 6.33 Å². The Kier molecular flexibility index (Phi) is 19.5. The monoisotopic (exact) mass is 1100 g/mol. The van der Waals surface area contributed by atoms with Gasteiger partial charge in [-0.05, 0) is 114 Å². The number of pyridine rings is 5. The van der Waals surface area contributed by atoms with E-state index in [-0.39, 0.29) is 32.5 Å². The SMILES string of the molecule is CC(C)(C)c1cccc2[nH]cnc12.CC(C)(C)c1cccc2cccnc12.CC(C)(C)c1cccc2ccncc12.CC(C)(C)c1cccc2cnccc12.CC(C)(C)c1cccc2ncccc12.CC(C)(C)c1nccc2ccccc12. The van der Waals surface area contributed by atoms with Crippen LogP contribution in [0.4, 0.5) is 0 Å². The number of para-hydroxylation sites is 2. The van der Waals surface area contributed by atoms with Crippen molar-refractivity contribution in [1.29, 1.82) is 0 Å². The number of benzene rings is 6. The van der Waals surface area contributed by atoms with Crippen LogP contribution in [0.25, 0.3) is 65.2 Å². The molecular weight excluding hydrogens is 1010 g/mol. The van der Waals surface area contributed by atoms with Gasteiger partial charge < -0.3 is 4.98 Å². The number of nitrogens with zero attached hydrogens (tertiary/aromatic N) is 6. The van der Waals surface area contributed by atoms with E-state index < -0.39 is 0 Å². The number of aromatic nitrogens is 7. The highest BCUT2D eigenvalue weighted by Gasteiger charge is 2.21. The highest BCUT2D eigenvalue weighted by atomic mass is 14.9. The zero-order valence-corrected chi connectivity index (χ0v) is 52.8. The fourth-order valence-corrected chi connectivity index (χ4v) is 10.3. The second-order valence-corrected chi connectivity index (χ2v) is 27.5. The lowest BCUT2D eigenvalue weighted by Crippen LogP contribution is -2.13. The Hall–Kier alpha value is -8.16. The van der Waals surface area contributed by atoms with Gasteiger partial charge in [-0.3, -0.25) is 24.9 Å². The fraction of sp³-hybridized carbons (Fsp3) is 0.316. The largest absolute Gasteiger partial charge is 0.345 e. The van der Waals surface area contributed by atoms with Gasteiger partial charge in [-0.15, -0.1) is 0 Å². The molecular formula is C76H89N7. The topological polar surface area (TPSA) is 93.1 Å². The van der Waals surface area contributed by atoms with Crippen LogP contribution in [-0.4, -0.2) is 34.9 Å². The van der Waals surface area contributed by atoms with Crippen LogP contribution >= 0.6 is 0 Å². The third-order valence-electron chi connectivity index (χ3n) is 14.5. The van der Waals surface area contributed by atoms with Crippen molar-refractivity contribution >= 4 is 65.2 Å². The van der Waals surface area contributed by atoms with Crippen LogP contribution in [0.5, 0.6) is 0 Å². The Bertz CT molecular complexity index is 3510. The average Bonchev–Trinajstić information content (AvgIpc) is 3.95. The number of imidazole rings is 1. The van der Waals surface area contributed by atoms with E-state index in [2.05, 4.69) is 305 Å². The second-order valence-electron chi connectivity index (χ2n) is 27.5. The smallest absolute Gasteiger partial charge is 0.0931 e. The maximum absolute atomic E-state index is 4.48. The highest BCUT2D eigenvalue weighted by molar-refractivity contribution is 5.88. The molecule has 6 aromatic carbocycles.